The van der Waals surface area contributed by atoms with E-state index in [1.807, 2.05) is 20.8 Å². The fourth-order valence-electron chi connectivity index (χ4n) is 2.88. The topological polar surface area (TPSA) is 52.2 Å². The van der Waals surface area contributed by atoms with Crippen molar-refractivity contribution in [2.45, 2.75) is 59.1 Å². The van der Waals surface area contributed by atoms with E-state index in [2.05, 4.69) is 43.3 Å². The highest BCUT2D eigenvalue weighted by Gasteiger charge is 2.21. The lowest BCUT2D eigenvalue weighted by Gasteiger charge is -2.25. The largest absolute Gasteiger partial charge is 0.474 e. The Labute approximate surface area is 149 Å². The van der Waals surface area contributed by atoms with E-state index in [1.165, 1.54) is 6.07 Å². The molecule has 0 unspecified atom stereocenters. The van der Waals surface area contributed by atoms with Crippen LogP contribution in [0, 0.1) is 5.82 Å². The Bertz CT molecular complexity index is 779. The van der Waals surface area contributed by atoms with E-state index in [0.717, 1.165) is 16.6 Å². The number of fused-ring (bicyclic) bond motifs is 1. The van der Waals surface area contributed by atoms with Crippen LogP contribution < -0.4 is 11.1 Å². The van der Waals surface area contributed by atoms with Gasteiger partial charge in [-0.25, -0.2) is 4.39 Å². The molecule has 1 heterocycles. The van der Waals surface area contributed by atoms with Gasteiger partial charge in [-0.1, -0.05) is 20.8 Å². The fourth-order valence-corrected chi connectivity index (χ4v) is 2.88. The van der Waals surface area contributed by atoms with Crippen molar-refractivity contribution in [3.8, 4) is 0 Å². The van der Waals surface area contributed by atoms with Crippen LogP contribution in [0.25, 0.3) is 10.9 Å². The van der Waals surface area contributed by atoms with Gasteiger partial charge in [0.2, 0.25) is 0 Å². The summed E-state index contributed by atoms with van der Waals surface area (Å²) in [7, 11) is 0. The third-order valence-electron chi connectivity index (χ3n) is 3.88. The Kier molecular flexibility index (Phi) is 5.07. The van der Waals surface area contributed by atoms with Crippen molar-refractivity contribution in [1.82, 2.24) is 9.88 Å². The molecule has 3 N–H and O–H groups in total. The lowest BCUT2D eigenvalue weighted by molar-refractivity contribution is 0.0414. The standard InChI is InChI=1S/C20H30FN3O/c1-13(25-20(5,6)7)23-8-9-24-17-12-15(21)16(22)10-14(17)11-18(24)19(2,3)4/h10-12,23H,1,8-9,22H2,2-7H3. The van der Waals surface area contributed by atoms with Gasteiger partial charge in [-0.15, -0.1) is 0 Å². The minimum absolute atomic E-state index is 0.0663. The van der Waals surface area contributed by atoms with Gasteiger partial charge in [0.05, 0.1) is 11.2 Å². The molecule has 1 aromatic heterocycles. The highest BCUT2D eigenvalue weighted by atomic mass is 19.1. The Morgan fingerprint density at radius 3 is 2.40 bits per heavy atom. The van der Waals surface area contributed by atoms with Crippen LogP contribution in [0.5, 0.6) is 0 Å². The van der Waals surface area contributed by atoms with Crippen LogP contribution in [-0.4, -0.2) is 16.7 Å². The Morgan fingerprint density at radius 2 is 1.84 bits per heavy atom. The lowest BCUT2D eigenvalue weighted by Crippen LogP contribution is -2.28. The average molecular weight is 347 g/mol. The third kappa shape index (κ3) is 4.68. The molecule has 25 heavy (non-hydrogen) atoms. The maximum atomic E-state index is 14.0. The van der Waals surface area contributed by atoms with E-state index >= 15 is 0 Å². The number of nitrogens with two attached hydrogens (primary N) is 1. The number of nitrogens with zero attached hydrogens (tertiary/aromatic N) is 1. The van der Waals surface area contributed by atoms with Gasteiger partial charge in [0.25, 0.3) is 0 Å². The second kappa shape index (κ2) is 6.62. The minimum Gasteiger partial charge on any atom is -0.474 e. The van der Waals surface area contributed by atoms with E-state index in [4.69, 9.17) is 10.5 Å². The van der Waals surface area contributed by atoms with Gasteiger partial charge >= 0.3 is 0 Å². The molecule has 0 radical (unpaired) electrons. The number of nitrogen functional groups attached to an aromatic ring is 1. The molecule has 0 fully saturated rings. The van der Waals surface area contributed by atoms with Crippen LogP contribution in [0.2, 0.25) is 0 Å². The molecule has 0 amide bonds. The predicted molar refractivity (Wildman–Crippen MR) is 103 cm³/mol. The lowest BCUT2D eigenvalue weighted by atomic mass is 9.92. The molecule has 4 nitrogen and oxygen atoms in total. The fraction of sp³-hybridized carbons (Fsp3) is 0.500. The first-order valence-electron chi connectivity index (χ1n) is 8.59. The highest BCUT2D eigenvalue weighted by Crippen LogP contribution is 2.31. The van der Waals surface area contributed by atoms with Gasteiger partial charge in [0.1, 0.15) is 11.4 Å². The van der Waals surface area contributed by atoms with Crippen molar-refractivity contribution in [2.75, 3.05) is 12.3 Å². The molecule has 0 aliphatic carbocycles. The van der Waals surface area contributed by atoms with Crippen LogP contribution in [0.3, 0.4) is 0 Å². The molecule has 138 valence electrons. The summed E-state index contributed by atoms with van der Waals surface area (Å²) >= 11 is 0. The number of hydrogen-bond acceptors (Lipinski definition) is 3. The van der Waals surface area contributed by atoms with Gasteiger partial charge in [0.15, 0.2) is 5.88 Å². The van der Waals surface area contributed by atoms with Crippen molar-refractivity contribution in [2.24, 2.45) is 0 Å². The van der Waals surface area contributed by atoms with Crippen LogP contribution in [0.15, 0.2) is 30.7 Å². The summed E-state index contributed by atoms with van der Waals surface area (Å²) in [6.07, 6.45) is 0. The van der Waals surface area contributed by atoms with Gasteiger partial charge in [-0.05, 0) is 39.5 Å². The summed E-state index contributed by atoms with van der Waals surface area (Å²) in [6, 6.07) is 5.30. The second-order valence-electron chi connectivity index (χ2n) is 8.43. The van der Waals surface area contributed by atoms with Crippen molar-refractivity contribution in [3.05, 3.63) is 42.2 Å². The first-order chi connectivity index (χ1) is 11.4. The van der Waals surface area contributed by atoms with Crippen LogP contribution in [-0.2, 0) is 16.7 Å². The van der Waals surface area contributed by atoms with Gasteiger partial charge < -0.3 is 20.4 Å². The number of halogens is 1. The predicted octanol–water partition coefficient (Wildman–Crippen LogP) is 4.54. The van der Waals surface area contributed by atoms with Crippen LogP contribution in [0.1, 0.15) is 47.2 Å². The third-order valence-corrected chi connectivity index (χ3v) is 3.88. The quantitative estimate of drug-likeness (QED) is 0.617. The molecular weight excluding hydrogens is 317 g/mol. The summed E-state index contributed by atoms with van der Waals surface area (Å²) < 4.78 is 21.8. The molecule has 5 heteroatoms. The summed E-state index contributed by atoms with van der Waals surface area (Å²) in [5.41, 5.74) is 7.53. The molecule has 0 aliphatic rings. The Balaban J connectivity index is 2.26. The van der Waals surface area contributed by atoms with Crippen molar-refractivity contribution in [1.29, 1.82) is 0 Å². The van der Waals surface area contributed by atoms with E-state index in [9.17, 15) is 4.39 Å². The summed E-state index contributed by atoms with van der Waals surface area (Å²) in [4.78, 5) is 0. The number of rotatable bonds is 5. The molecule has 2 aromatic rings. The normalized spacial score (nSPS) is 12.4. The number of anilines is 1. The molecule has 0 bridgehead atoms. The number of aromatic nitrogens is 1. The molecule has 1 aromatic carbocycles. The van der Waals surface area contributed by atoms with Gasteiger partial charge in [-0.3, -0.25) is 0 Å². The molecular formula is C20H30FN3O. The first-order valence-corrected chi connectivity index (χ1v) is 8.59. The van der Waals surface area contributed by atoms with E-state index in [1.54, 1.807) is 6.07 Å². The van der Waals surface area contributed by atoms with E-state index < -0.39 is 0 Å². The van der Waals surface area contributed by atoms with Crippen LogP contribution >= 0.6 is 0 Å². The van der Waals surface area contributed by atoms with Gasteiger partial charge in [0, 0.05) is 35.7 Å². The van der Waals surface area contributed by atoms with Crippen LogP contribution in [0.4, 0.5) is 10.1 Å². The molecule has 0 saturated heterocycles. The first kappa shape index (κ1) is 19.2. The zero-order chi connectivity index (χ0) is 19.0. The number of benzene rings is 1. The molecule has 2 rings (SSSR count). The zero-order valence-electron chi connectivity index (χ0n) is 16.2. The molecule has 0 atom stereocenters. The van der Waals surface area contributed by atoms with E-state index in [0.29, 0.717) is 19.0 Å². The summed E-state index contributed by atoms with van der Waals surface area (Å²) in [6.45, 7) is 17.6. The van der Waals surface area contributed by atoms with Gasteiger partial charge in [-0.2, -0.15) is 0 Å². The Morgan fingerprint density at radius 1 is 1.20 bits per heavy atom. The average Bonchev–Trinajstić information content (AvgIpc) is 2.75. The monoisotopic (exact) mass is 347 g/mol. The number of nitrogens with one attached hydrogen (secondary N) is 1. The van der Waals surface area contributed by atoms with Crippen molar-refractivity contribution in [3.63, 3.8) is 0 Å². The molecule has 0 aliphatic heterocycles. The van der Waals surface area contributed by atoms with E-state index in [-0.39, 0.29) is 22.5 Å². The maximum absolute atomic E-state index is 14.0. The maximum Gasteiger partial charge on any atom is 0.179 e. The minimum atomic E-state index is -0.388. The Hall–Kier alpha value is -2.17. The number of hydrogen-bond donors (Lipinski definition) is 2. The zero-order valence-corrected chi connectivity index (χ0v) is 16.2. The smallest absolute Gasteiger partial charge is 0.179 e. The highest BCUT2D eigenvalue weighted by molar-refractivity contribution is 5.85. The SMILES string of the molecule is C=C(NCCn1c(C(C)(C)C)cc2cc(N)c(F)cc21)OC(C)(C)C. The number of ether oxygens (including phenoxy) is 1. The van der Waals surface area contributed by atoms with Crippen molar-refractivity contribution < 1.29 is 9.13 Å². The second-order valence-corrected chi connectivity index (χ2v) is 8.43. The summed E-state index contributed by atoms with van der Waals surface area (Å²) in [5, 5.41) is 4.14. The molecule has 0 saturated carbocycles. The summed E-state index contributed by atoms with van der Waals surface area (Å²) in [5.74, 6) is 0.150. The molecule has 0 spiro atoms. The van der Waals surface area contributed by atoms with Crippen molar-refractivity contribution >= 4 is 16.6 Å².